The van der Waals surface area contributed by atoms with E-state index in [1.165, 1.54) is 0 Å². The zero-order chi connectivity index (χ0) is 9.19. The maximum Gasteiger partial charge on any atom is 0.277 e. The van der Waals surface area contributed by atoms with Gasteiger partial charge in [0.15, 0.2) is 0 Å². The lowest BCUT2D eigenvalue weighted by Crippen LogP contribution is -2.50. The van der Waals surface area contributed by atoms with Crippen LogP contribution in [0.4, 0.5) is 0 Å². The first-order valence-corrected chi connectivity index (χ1v) is 5.47. The monoisotopic (exact) mass is 194 g/mol. The molecule has 0 unspecified atom stereocenters. The Morgan fingerprint density at radius 1 is 1.50 bits per heavy atom. The zero-order valence-corrected chi connectivity index (χ0v) is 7.76. The van der Waals surface area contributed by atoms with Crippen molar-refractivity contribution in [1.82, 2.24) is 9.44 Å². The van der Waals surface area contributed by atoms with Crippen molar-refractivity contribution in [3.63, 3.8) is 0 Å². The molecular weight excluding hydrogens is 180 g/mol. The number of aliphatic hydroxyl groups is 1. The Morgan fingerprint density at radius 2 is 2.08 bits per heavy atom. The Bertz CT molecular complexity index is 233. The van der Waals surface area contributed by atoms with Crippen LogP contribution in [-0.2, 0) is 10.2 Å². The lowest BCUT2D eigenvalue weighted by atomic mass is 9.91. The minimum Gasteiger partial charge on any atom is -0.393 e. The average molecular weight is 194 g/mol. The fraction of sp³-hybridized carbons (Fsp3) is 1.00. The largest absolute Gasteiger partial charge is 0.393 e. The first-order valence-electron chi connectivity index (χ1n) is 3.98. The van der Waals surface area contributed by atoms with Crippen molar-refractivity contribution in [3.05, 3.63) is 0 Å². The van der Waals surface area contributed by atoms with E-state index in [9.17, 15) is 8.42 Å². The Morgan fingerprint density at radius 3 is 2.50 bits per heavy atom. The molecule has 72 valence electrons. The molecule has 0 atom stereocenters. The molecule has 0 spiro atoms. The maximum atomic E-state index is 11.0. The Hall–Kier alpha value is -0.170. The lowest BCUT2D eigenvalue weighted by Gasteiger charge is -2.31. The minimum absolute atomic E-state index is 0.0935. The third kappa shape index (κ3) is 2.71. The maximum absolute atomic E-state index is 11.0. The highest BCUT2D eigenvalue weighted by atomic mass is 32.2. The molecule has 0 aromatic heterocycles. The van der Waals surface area contributed by atoms with Crippen molar-refractivity contribution in [2.75, 3.05) is 6.54 Å². The number of nitrogens with one attached hydrogen (secondary N) is 2. The molecule has 0 heterocycles. The molecule has 3 N–H and O–H groups in total. The van der Waals surface area contributed by atoms with Crippen LogP contribution in [-0.4, -0.2) is 32.2 Å². The molecule has 5 nitrogen and oxygen atoms in total. The zero-order valence-electron chi connectivity index (χ0n) is 6.95. The predicted octanol–water partition coefficient (Wildman–Crippen LogP) is -1.05. The Balaban J connectivity index is 2.31. The summed E-state index contributed by atoms with van der Waals surface area (Å²) in [6.45, 7) is 2.10. The van der Waals surface area contributed by atoms with Gasteiger partial charge >= 0.3 is 0 Å². The van der Waals surface area contributed by atoms with Gasteiger partial charge in [0.1, 0.15) is 0 Å². The van der Waals surface area contributed by atoms with Crippen LogP contribution >= 0.6 is 0 Å². The van der Waals surface area contributed by atoms with E-state index in [0.717, 1.165) is 0 Å². The Kier molecular flexibility index (Phi) is 3.05. The minimum atomic E-state index is -3.33. The van der Waals surface area contributed by atoms with Crippen LogP contribution in [0.25, 0.3) is 0 Å². The number of rotatable bonds is 4. The van der Waals surface area contributed by atoms with Crippen molar-refractivity contribution < 1.29 is 13.5 Å². The van der Waals surface area contributed by atoms with Crippen molar-refractivity contribution >= 4 is 10.2 Å². The summed E-state index contributed by atoms with van der Waals surface area (Å²) in [6, 6.07) is -0.0935. The molecule has 0 aromatic carbocycles. The van der Waals surface area contributed by atoms with E-state index in [2.05, 4.69) is 9.44 Å². The fourth-order valence-electron chi connectivity index (χ4n) is 1.14. The van der Waals surface area contributed by atoms with Crippen LogP contribution in [0, 0.1) is 0 Å². The molecule has 12 heavy (non-hydrogen) atoms. The fourth-order valence-corrected chi connectivity index (χ4v) is 2.23. The van der Waals surface area contributed by atoms with Crippen molar-refractivity contribution in [2.45, 2.75) is 31.9 Å². The normalized spacial score (nSPS) is 29.8. The van der Waals surface area contributed by atoms with Gasteiger partial charge in [-0.1, -0.05) is 6.92 Å². The highest BCUT2D eigenvalue weighted by Gasteiger charge is 2.30. The number of hydrogen-bond donors (Lipinski definition) is 3. The second-order valence-corrected chi connectivity index (χ2v) is 4.47. The predicted molar refractivity (Wildman–Crippen MR) is 44.8 cm³/mol. The third-order valence-electron chi connectivity index (χ3n) is 1.77. The van der Waals surface area contributed by atoms with Gasteiger partial charge < -0.3 is 5.11 Å². The van der Waals surface area contributed by atoms with Gasteiger partial charge in [-0.05, 0) is 12.8 Å². The quantitative estimate of drug-likeness (QED) is 0.534. The molecule has 1 saturated carbocycles. The molecule has 1 aliphatic rings. The summed E-state index contributed by atoms with van der Waals surface area (Å²) in [5.41, 5.74) is 0. The Labute approximate surface area is 72.3 Å². The van der Waals surface area contributed by atoms with Crippen molar-refractivity contribution in [2.24, 2.45) is 0 Å². The van der Waals surface area contributed by atoms with Gasteiger partial charge in [0.2, 0.25) is 0 Å². The standard InChI is InChI=1S/C6H14N2O3S/c1-2-7-12(10,11)8-5-3-6(9)4-5/h5-9H,2-4H2,1H3. The van der Waals surface area contributed by atoms with Crippen LogP contribution in [0.1, 0.15) is 19.8 Å². The highest BCUT2D eigenvalue weighted by molar-refractivity contribution is 7.87. The average Bonchev–Trinajstić information content (AvgIpc) is 1.83. The van der Waals surface area contributed by atoms with E-state index in [1.807, 2.05) is 0 Å². The smallest absolute Gasteiger partial charge is 0.277 e. The highest BCUT2D eigenvalue weighted by Crippen LogP contribution is 2.19. The summed E-state index contributed by atoms with van der Waals surface area (Å²) < 4.78 is 26.8. The van der Waals surface area contributed by atoms with Gasteiger partial charge in [-0.2, -0.15) is 13.1 Å². The molecule has 6 heteroatoms. The second kappa shape index (κ2) is 3.69. The summed E-state index contributed by atoms with van der Waals surface area (Å²) in [6.07, 6.45) is 0.703. The van der Waals surface area contributed by atoms with E-state index < -0.39 is 10.2 Å². The molecule has 1 aliphatic carbocycles. The van der Waals surface area contributed by atoms with Gasteiger partial charge in [0, 0.05) is 12.6 Å². The first-order chi connectivity index (χ1) is 5.53. The molecule has 0 aliphatic heterocycles. The van der Waals surface area contributed by atoms with Crippen LogP contribution in [0.15, 0.2) is 0 Å². The summed E-state index contributed by atoms with van der Waals surface area (Å²) in [7, 11) is -3.33. The number of aliphatic hydroxyl groups excluding tert-OH is 1. The SMILES string of the molecule is CCNS(=O)(=O)NC1CC(O)C1. The van der Waals surface area contributed by atoms with E-state index in [1.54, 1.807) is 6.92 Å². The lowest BCUT2D eigenvalue weighted by molar-refractivity contribution is 0.0711. The molecular formula is C6H14N2O3S. The van der Waals surface area contributed by atoms with Gasteiger partial charge in [-0.25, -0.2) is 4.72 Å². The van der Waals surface area contributed by atoms with Gasteiger partial charge in [0.25, 0.3) is 10.2 Å². The summed E-state index contributed by atoms with van der Waals surface area (Å²) in [5.74, 6) is 0. The van der Waals surface area contributed by atoms with Crippen molar-refractivity contribution in [3.8, 4) is 0 Å². The van der Waals surface area contributed by atoms with E-state index in [4.69, 9.17) is 5.11 Å². The van der Waals surface area contributed by atoms with Gasteiger partial charge in [-0.15, -0.1) is 0 Å². The van der Waals surface area contributed by atoms with E-state index in [0.29, 0.717) is 19.4 Å². The molecule has 0 amide bonds. The van der Waals surface area contributed by atoms with Crippen LogP contribution in [0.3, 0.4) is 0 Å². The summed E-state index contributed by atoms with van der Waals surface area (Å²) in [5, 5.41) is 8.89. The van der Waals surface area contributed by atoms with E-state index >= 15 is 0 Å². The molecule has 0 radical (unpaired) electrons. The van der Waals surface area contributed by atoms with Crippen LogP contribution in [0.5, 0.6) is 0 Å². The van der Waals surface area contributed by atoms with Crippen LogP contribution < -0.4 is 9.44 Å². The second-order valence-electron chi connectivity index (χ2n) is 2.94. The van der Waals surface area contributed by atoms with E-state index in [-0.39, 0.29) is 12.1 Å². The summed E-state index contributed by atoms with van der Waals surface area (Å²) >= 11 is 0. The first kappa shape index (κ1) is 9.91. The summed E-state index contributed by atoms with van der Waals surface area (Å²) in [4.78, 5) is 0. The van der Waals surface area contributed by atoms with Gasteiger partial charge in [-0.3, -0.25) is 0 Å². The molecule has 0 bridgehead atoms. The molecule has 0 saturated heterocycles. The molecule has 1 rings (SSSR count). The van der Waals surface area contributed by atoms with Crippen LogP contribution in [0.2, 0.25) is 0 Å². The third-order valence-corrected chi connectivity index (χ3v) is 3.08. The molecule has 0 aromatic rings. The van der Waals surface area contributed by atoms with Crippen molar-refractivity contribution in [1.29, 1.82) is 0 Å². The topological polar surface area (TPSA) is 78.4 Å². The molecule has 1 fully saturated rings. The van der Waals surface area contributed by atoms with Gasteiger partial charge in [0.05, 0.1) is 6.10 Å². The number of hydrogen-bond acceptors (Lipinski definition) is 3.